The third-order valence-corrected chi connectivity index (χ3v) is 4.20. The number of ether oxygens (including phenoxy) is 1. The van der Waals surface area contributed by atoms with Crippen LogP contribution in [-0.2, 0) is 0 Å². The lowest BCUT2D eigenvalue weighted by atomic mass is 10.1. The van der Waals surface area contributed by atoms with Gasteiger partial charge in [0.25, 0.3) is 5.91 Å². The van der Waals surface area contributed by atoms with E-state index < -0.39 is 0 Å². The van der Waals surface area contributed by atoms with Crippen molar-refractivity contribution < 1.29 is 9.53 Å². The van der Waals surface area contributed by atoms with E-state index in [-0.39, 0.29) is 11.9 Å². The lowest BCUT2D eigenvalue weighted by Crippen LogP contribution is -2.29. The number of hydrogen-bond acceptors (Lipinski definition) is 2. The summed E-state index contributed by atoms with van der Waals surface area (Å²) in [5.74, 6) is 0.694. The van der Waals surface area contributed by atoms with Crippen LogP contribution >= 0.6 is 15.9 Å². The van der Waals surface area contributed by atoms with Crippen LogP contribution in [0.5, 0.6) is 5.75 Å². The summed E-state index contributed by atoms with van der Waals surface area (Å²) in [6, 6.07) is 15.4. The van der Waals surface area contributed by atoms with Gasteiger partial charge >= 0.3 is 0 Å². The Bertz CT molecular complexity index is 628. The molecule has 0 spiro atoms. The molecule has 0 bridgehead atoms. The van der Waals surface area contributed by atoms with Crippen LogP contribution in [0, 0.1) is 0 Å². The number of hydrogen-bond donors (Lipinski definition) is 0. The summed E-state index contributed by atoms with van der Waals surface area (Å²) in [7, 11) is 3.42. The Kier molecular flexibility index (Phi) is 5.02. The maximum absolute atomic E-state index is 12.6. The van der Waals surface area contributed by atoms with Crippen molar-refractivity contribution in [3.63, 3.8) is 0 Å². The number of methoxy groups -OCH3 is 1. The Morgan fingerprint density at radius 3 is 2.43 bits per heavy atom. The van der Waals surface area contributed by atoms with Gasteiger partial charge in [-0.3, -0.25) is 4.79 Å². The van der Waals surface area contributed by atoms with Gasteiger partial charge in [0.15, 0.2) is 0 Å². The SMILES string of the molecule is COc1ccc(C(=O)N(C)C(C)c2ccccc2)cc1Br. The Labute approximate surface area is 133 Å². The van der Waals surface area contributed by atoms with Crippen molar-refractivity contribution >= 4 is 21.8 Å². The highest BCUT2D eigenvalue weighted by atomic mass is 79.9. The summed E-state index contributed by atoms with van der Waals surface area (Å²) < 4.78 is 5.96. The van der Waals surface area contributed by atoms with Crippen molar-refractivity contribution in [2.75, 3.05) is 14.2 Å². The van der Waals surface area contributed by atoms with Crippen molar-refractivity contribution in [1.82, 2.24) is 4.90 Å². The molecular formula is C17H18BrNO2. The zero-order chi connectivity index (χ0) is 15.4. The second kappa shape index (κ2) is 6.76. The van der Waals surface area contributed by atoms with Crippen molar-refractivity contribution in [2.24, 2.45) is 0 Å². The molecule has 0 aliphatic carbocycles. The van der Waals surface area contributed by atoms with E-state index in [0.717, 1.165) is 10.0 Å². The first-order valence-corrected chi connectivity index (χ1v) is 7.49. The molecule has 2 aromatic rings. The molecular weight excluding hydrogens is 330 g/mol. The van der Waals surface area contributed by atoms with Crippen LogP contribution < -0.4 is 4.74 Å². The third-order valence-electron chi connectivity index (χ3n) is 3.58. The highest BCUT2D eigenvalue weighted by Gasteiger charge is 2.19. The molecule has 2 aromatic carbocycles. The first-order chi connectivity index (χ1) is 10.0. The largest absolute Gasteiger partial charge is 0.496 e. The number of benzene rings is 2. The minimum absolute atomic E-state index is 0.0135. The fourth-order valence-electron chi connectivity index (χ4n) is 2.13. The molecule has 0 heterocycles. The van der Waals surface area contributed by atoms with Crippen LogP contribution in [0.15, 0.2) is 53.0 Å². The Balaban J connectivity index is 2.21. The summed E-state index contributed by atoms with van der Waals surface area (Å²) in [6.07, 6.45) is 0. The molecule has 3 nitrogen and oxygen atoms in total. The molecule has 2 rings (SSSR count). The summed E-state index contributed by atoms with van der Waals surface area (Å²) in [5, 5.41) is 0. The molecule has 1 atom stereocenters. The standard InChI is InChI=1S/C17H18BrNO2/c1-12(13-7-5-4-6-8-13)19(2)17(20)14-9-10-16(21-3)15(18)11-14/h4-12H,1-3H3. The molecule has 0 fully saturated rings. The molecule has 0 saturated heterocycles. The number of nitrogens with zero attached hydrogens (tertiary/aromatic N) is 1. The molecule has 0 aromatic heterocycles. The highest BCUT2D eigenvalue weighted by Crippen LogP contribution is 2.27. The van der Waals surface area contributed by atoms with E-state index in [2.05, 4.69) is 15.9 Å². The minimum Gasteiger partial charge on any atom is -0.496 e. The first kappa shape index (κ1) is 15.6. The number of carbonyl (C=O) groups is 1. The predicted molar refractivity (Wildman–Crippen MR) is 87.6 cm³/mol. The van der Waals surface area contributed by atoms with E-state index >= 15 is 0 Å². The van der Waals surface area contributed by atoms with Crippen molar-refractivity contribution in [1.29, 1.82) is 0 Å². The molecule has 0 saturated carbocycles. The molecule has 1 amide bonds. The van der Waals surface area contributed by atoms with Gasteiger partial charge in [0.2, 0.25) is 0 Å². The van der Waals surface area contributed by atoms with Crippen LogP contribution in [0.1, 0.15) is 28.9 Å². The monoisotopic (exact) mass is 347 g/mol. The molecule has 0 aliphatic rings. The number of carbonyl (C=O) groups excluding carboxylic acids is 1. The second-order valence-electron chi connectivity index (χ2n) is 4.85. The predicted octanol–water partition coefficient (Wildman–Crippen LogP) is 4.29. The molecule has 0 aliphatic heterocycles. The summed E-state index contributed by atoms with van der Waals surface area (Å²) >= 11 is 3.41. The van der Waals surface area contributed by atoms with E-state index in [1.54, 1.807) is 30.2 Å². The summed E-state index contributed by atoms with van der Waals surface area (Å²) in [4.78, 5) is 14.3. The van der Waals surface area contributed by atoms with Gasteiger partial charge in [-0.25, -0.2) is 0 Å². The van der Waals surface area contributed by atoms with Crippen LogP contribution in [0.3, 0.4) is 0 Å². The van der Waals surface area contributed by atoms with Crippen molar-refractivity contribution in [3.05, 3.63) is 64.1 Å². The Morgan fingerprint density at radius 1 is 1.19 bits per heavy atom. The van der Waals surface area contributed by atoms with Gasteiger partial charge in [0.1, 0.15) is 5.75 Å². The Hall–Kier alpha value is -1.81. The van der Waals surface area contributed by atoms with E-state index in [1.165, 1.54) is 0 Å². The van der Waals surface area contributed by atoms with Gasteiger partial charge in [0.05, 0.1) is 17.6 Å². The van der Waals surface area contributed by atoms with Crippen LogP contribution in [0.25, 0.3) is 0 Å². The van der Waals surface area contributed by atoms with Gasteiger partial charge in [-0.15, -0.1) is 0 Å². The van der Waals surface area contributed by atoms with Gasteiger partial charge < -0.3 is 9.64 Å². The van der Waals surface area contributed by atoms with Gasteiger partial charge in [-0.2, -0.15) is 0 Å². The molecule has 21 heavy (non-hydrogen) atoms. The normalized spacial score (nSPS) is 11.8. The van der Waals surface area contributed by atoms with Crippen molar-refractivity contribution in [2.45, 2.75) is 13.0 Å². The molecule has 110 valence electrons. The van der Waals surface area contributed by atoms with E-state index in [4.69, 9.17) is 4.74 Å². The fraction of sp³-hybridized carbons (Fsp3) is 0.235. The molecule has 0 N–H and O–H groups in total. The van der Waals surface area contributed by atoms with Gasteiger partial charge in [0, 0.05) is 12.6 Å². The quantitative estimate of drug-likeness (QED) is 0.825. The van der Waals surface area contributed by atoms with E-state index in [0.29, 0.717) is 11.3 Å². The molecule has 0 radical (unpaired) electrons. The minimum atomic E-state index is -0.0188. The topological polar surface area (TPSA) is 29.5 Å². The summed E-state index contributed by atoms with van der Waals surface area (Å²) in [5.41, 5.74) is 1.74. The van der Waals surface area contributed by atoms with Crippen LogP contribution in [0.4, 0.5) is 0 Å². The van der Waals surface area contributed by atoms with E-state index in [9.17, 15) is 4.79 Å². The fourth-order valence-corrected chi connectivity index (χ4v) is 2.67. The lowest BCUT2D eigenvalue weighted by molar-refractivity contribution is 0.0742. The number of rotatable bonds is 4. The lowest BCUT2D eigenvalue weighted by Gasteiger charge is -2.25. The zero-order valence-electron chi connectivity index (χ0n) is 12.3. The molecule has 4 heteroatoms. The average Bonchev–Trinajstić information content (AvgIpc) is 2.53. The second-order valence-corrected chi connectivity index (χ2v) is 5.71. The molecule has 1 unspecified atom stereocenters. The summed E-state index contributed by atoms with van der Waals surface area (Å²) in [6.45, 7) is 2.02. The average molecular weight is 348 g/mol. The smallest absolute Gasteiger partial charge is 0.254 e. The third kappa shape index (κ3) is 3.45. The maximum atomic E-state index is 12.6. The highest BCUT2D eigenvalue weighted by molar-refractivity contribution is 9.10. The van der Waals surface area contributed by atoms with Crippen LogP contribution in [-0.4, -0.2) is 25.0 Å². The zero-order valence-corrected chi connectivity index (χ0v) is 13.9. The van der Waals surface area contributed by atoms with Gasteiger partial charge in [-0.05, 0) is 46.6 Å². The Morgan fingerprint density at radius 2 is 1.86 bits per heavy atom. The first-order valence-electron chi connectivity index (χ1n) is 6.70. The van der Waals surface area contributed by atoms with Gasteiger partial charge in [-0.1, -0.05) is 30.3 Å². The van der Waals surface area contributed by atoms with Crippen molar-refractivity contribution in [3.8, 4) is 5.75 Å². The maximum Gasteiger partial charge on any atom is 0.254 e. The van der Waals surface area contributed by atoms with E-state index in [1.807, 2.05) is 44.3 Å². The number of halogens is 1. The number of amides is 1. The van der Waals surface area contributed by atoms with Crippen LogP contribution in [0.2, 0.25) is 0 Å².